The van der Waals surface area contributed by atoms with Crippen LogP contribution in [0.25, 0.3) is 0 Å². The SMILES string of the molecule is CSc1ccc(C)c(NC(=O)Nc2nc(C)c(Cc3ccc(C)cc3)s2)c1. The Labute approximate surface area is 168 Å². The van der Waals surface area contributed by atoms with Gasteiger partial charge in [-0.1, -0.05) is 35.9 Å². The summed E-state index contributed by atoms with van der Waals surface area (Å²) in [6.45, 7) is 6.04. The molecule has 6 heteroatoms. The summed E-state index contributed by atoms with van der Waals surface area (Å²) in [5, 5.41) is 6.40. The standard InChI is InChI=1S/C21H23N3OS2/c1-13-5-8-16(9-6-13)11-19-15(3)22-21(27-19)24-20(25)23-18-12-17(26-4)10-7-14(18)2/h5-10,12H,11H2,1-4H3,(H2,22,23,24,25). The molecule has 2 aromatic carbocycles. The van der Waals surface area contributed by atoms with Gasteiger partial charge in [-0.2, -0.15) is 0 Å². The maximum atomic E-state index is 12.4. The van der Waals surface area contributed by atoms with Gasteiger partial charge in [-0.3, -0.25) is 5.32 Å². The molecule has 0 saturated heterocycles. The van der Waals surface area contributed by atoms with E-state index in [1.807, 2.05) is 38.3 Å². The van der Waals surface area contributed by atoms with Gasteiger partial charge >= 0.3 is 6.03 Å². The summed E-state index contributed by atoms with van der Waals surface area (Å²) in [7, 11) is 0. The molecule has 140 valence electrons. The first-order valence-electron chi connectivity index (χ1n) is 8.69. The molecule has 0 saturated carbocycles. The van der Waals surface area contributed by atoms with Gasteiger partial charge in [0.15, 0.2) is 5.13 Å². The van der Waals surface area contributed by atoms with Crippen LogP contribution in [0.3, 0.4) is 0 Å². The second-order valence-corrected chi connectivity index (χ2v) is 8.41. The van der Waals surface area contributed by atoms with Crippen molar-refractivity contribution >= 4 is 39.9 Å². The molecule has 0 bridgehead atoms. The molecule has 2 amide bonds. The quantitative estimate of drug-likeness (QED) is 0.517. The Hall–Kier alpha value is -2.31. The largest absolute Gasteiger partial charge is 0.325 e. The summed E-state index contributed by atoms with van der Waals surface area (Å²) >= 11 is 3.17. The Morgan fingerprint density at radius 3 is 2.52 bits per heavy atom. The second kappa shape index (κ2) is 8.59. The number of rotatable bonds is 5. The molecule has 1 heterocycles. The third-order valence-corrected chi connectivity index (χ3v) is 6.09. The van der Waals surface area contributed by atoms with Gasteiger partial charge in [0, 0.05) is 21.9 Å². The number of urea groups is 1. The van der Waals surface area contributed by atoms with Crippen molar-refractivity contribution in [2.45, 2.75) is 32.1 Å². The van der Waals surface area contributed by atoms with Crippen LogP contribution in [0.4, 0.5) is 15.6 Å². The number of nitrogens with one attached hydrogen (secondary N) is 2. The number of carbonyl (C=O) groups excluding carboxylic acids is 1. The zero-order valence-electron chi connectivity index (χ0n) is 15.9. The number of nitrogens with zero attached hydrogens (tertiary/aromatic N) is 1. The Morgan fingerprint density at radius 2 is 1.81 bits per heavy atom. The molecule has 3 aromatic rings. The molecule has 0 fully saturated rings. The molecule has 27 heavy (non-hydrogen) atoms. The fraction of sp³-hybridized carbons (Fsp3) is 0.238. The minimum absolute atomic E-state index is 0.271. The molecule has 0 aliphatic carbocycles. The van der Waals surface area contributed by atoms with E-state index in [9.17, 15) is 4.79 Å². The van der Waals surface area contributed by atoms with Crippen LogP contribution >= 0.6 is 23.1 Å². The van der Waals surface area contributed by atoms with Crippen molar-refractivity contribution in [3.8, 4) is 0 Å². The third-order valence-electron chi connectivity index (χ3n) is 4.29. The monoisotopic (exact) mass is 397 g/mol. The minimum Gasteiger partial charge on any atom is -0.307 e. The number of benzene rings is 2. The van der Waals surface area contributed by atoms with Gasteiger partial charge in [0.1, 0.15) is 0 Å². The van der Waals surface area contributed by atoms with Crippen LogP contribution in [0.1, 0.15) is 27.3 Å². The Bertz CT molecular complexity index is 949. The number of anilines is 2. The third kappa shape index (κ3) is 5.11. The van der Waals surface area contributed by atoms with Crippen LogP contribution in [-0.2, 0) is 6.42 Å². The highest BCUT2D eigenvalue weighted by Gasteiger charge is 2.12. The Balaban J connectivity index is 1.67. The van der Waals surface area contributed by atoms with Gasteiger partial charge in [0.2, 0.25) is 0 Å². The molecule has 0 aliphatic heterocycles. The number of hydrogen-bond acceptors (Lipinski definition) is 4. The molecule has 0 unspecified atom stereocenters. The summed E-state index contributed by atoms with van der Waals surface area (Å²) in [6, 6.07) is 14.3. The average Bonchev–Trinajstić information content (AvgIpc) is 2.97. The number of thioether (sulfide) groups is 1. The van der Waals surface area contributed by atoms with Crippen LogP contribution < -0.4 is 10.6 Å². The van der Waals surface area contributed by atoms with Crippen LogP contribution in [0, 0.1) is 20.8 Å². The normalized spacial score (nSPS) is 10.7. The van der Waals surface area contributed by atoms with Gasteiger partial charge < -0.3 is 5.32 Å². The van der Waals surface area contributed by atoms with E-state index in [0.29, 0.717) is 5.13 Å². The van der Waals surface area contributed by atoms with Crippen LogP contribution in [-0.4, -0.2) is 17.3 Å². The summed E-state index contributed by atoms with van der Waals surface area (Å²) < 4.78 is 0. The Morgan fingerprint density at radius 1 is 1.07 bits per heavy atom. The van der Waals surface area contributed by atoms with Crippen molar-refractivity contribution in [1.29, 1.82) is 0 Å². The van der Waals surface area contributed by atoms with E-state index in [1.54, 1.807) is 11.8 Å². The first kappa shape index (κ1) is 19.5. The fourth-order valence-electron chi connectivity index (χ4n) is 2.65. The molecule has 0 radical (unpaired) electrons. The number of thiazole rings is 1. The van der Waals surface area contributed by atoms with Crippen LogP contribution in [0.5, 0.6) is 0 Å². The molecule has 0 aliphatic rings. The van der Waals surface area contributed by atoms with Crippen molar-refractivity contribution in [3.63, 3.8) is 0 Å². The molecule has 0 spiro atoms. The molecule has 2 N–H and O–H groups in total. The number of amides is 2. The van der Waals surface area contributed by atoms with Gasteiger partial charge in [-0.05, 0) is 50.3 Å². The summed E-state index contributed by atoms with van der Waals surface area (Å²) in [6.07, 6.45) is 2.84. The maximum Gasteiger partial charge on any atom is 0.325 e. The van der Waals surface area contributed by atoms with E-state index >= 15 is 0 Å². The number of carbonyl (C=O) groups is 1. The van der Waals surface area contributed by atoms with Crippen LogP contribution in [0.2, 0.25) is 0 Å². The minimum atomic E-state index is -0.271. The maximum absolute atomic E-state index is 12.4. The van der Waals surface area contributed by atoms with Gasteiger partial charge in [0.05, 0.1) is 5.69 Å². The van der Waals surface area contributed by atoms with E-state index in [4.69, 9.17) is 0 Å². The molecular formula is C21H23N3OS2. The number of aryl methyl sites for hydroxylation is 3. The van der Waals surface area contributed by atoms with Crippen molar-refractivity contribution in [2.75, 3.05) is 16.9 Å². The lowest BCUT2D eigenvalue weighted by molar-refractivity contribution is 0.262. The highest BCUT2D eigenvalue weighted by Crippen LogP contribution is 2.26. The van der Waals surface area contributed by atoms with Gasteiger partial charge in [-0.25, -0.2) is 9.78 Å². The van der Waals surface area contributed by atoms with E-state index in [-0.39, 0.29) is 6.03 Å². The lowest BCUT2D eigenvalue weighted by atomic mass is 10.1. The molecule has 3 rings (SSSR count). The second-order valence-electron chi connectivity index (χ2n) is 6.45. The van der Waals surface area contributed by atoms with Gasteiger partial charge in [-0.15, -0.1) is 23.1 Å². The highest BCUT2D eigenvalue weighted by molar-refractivity contribution is 7.98. The predicted octanol–water partition coefficient (Wildman–Crippen LogP) is 6.03. The fourth-order valence-corrected chi connectivity index (χ4v) is 4.08. The predicted molar refractivity (Wildman–Crippen MR) is 116 cm³/mol. The van der Waals surface area contributed by atoms with E-state index in [0.717, 1.165) is 33.1 Å². The van der Waals surface area contributed by atoms with E-state index < -0.39 is 0 Å². The molecule has 1 aromatic heterocycles. The van der Waals surface area contributed by atoms with Crippen molar-refractivity contribution in [3.05, 3.63) is 69.7 Å². The smallest absolute Gasteiger partial charge is 0.307 e. The van der Waals surface area contributed by atoms with Crippen molar-refractivity contribution in [1.82, 2.24) is 4.98 Å². The lowest BCUT2D eigenvalue weighted by Crippen LogP contribution is -2.19. The topological polar surface area (TPSA) is 54.0 Å². The molecule has 4 nitrogen and oxygen atoms in total. The first-order chi connectivity index (χ1) is 12.9. The van der Waals surface area contributed by atoms with Gasteiger partial charge in [0.25, 0.3) is 0 Å². The Kier molecular flexibility index (Phi) is 6.19. The van der Waals surface area contributed by atoms with E-state index in [2.05, 4.69) is 46.8 Å². The molecular weight excluding hydrogens is 374 g/mol. The number of aromatic nitrogens is 1. The van der Waals surface area contributed by atoms with Crippen molar-refractivity contribution in [2.24, 2.45) is 0 Å². The zero-order valence-corrected chi connectivity index (χ0v) is 17.6. The summed E-state index contributed by atoms with van der Waals surface area (Å²) in [5.74, 6) is 0. The lowest BCUT2D eigenvalue weighted by Gasteiger charge is -2.09. The zero-order chi connectivity index (χ0) is 19.4. The average molecular weight is 398 g/mol. The summed E-state index contributed by atoms with van der Waals surface area (Å²) in [4.78, 5) is 19.2. The van der Waals surface area contributed by atoms with E-state index in [1.165, 1.54) is 22.5 Å². The molecule has 0 atom stereocenters. The van der Waals surface area contributed by atoms with Crippen LogP contribution in [0.15, 0.2) is 47.4 Å². The van der Waals surface area contributed by atoms with Crippen molar-refractivity contribution < 1.29 is 4.79 Å². The highest BCUT2D eigenvalue weighted by atomic mass is 32.2. The summed E-state index contributed by atoms with van der Waals surface area (Å²) in [5.41, 5.74) is 5.29. The first-order valence-corrected chi connectivity index (χ1v) is 10.7. The number of hydrogen-bond donors (Lipinski definition) is 2.